The molecule has 2 fully saturated rings. The highest BCUT2D eigenvalue weighted by atomic mass is 32.2. The molecule has 0 amide bonds. The van der Waals surface area contributed by atoms with Crippen molar-refractivity contribution in [2.75, 3.05) is 29.3 Å². The second kappa shape index (κ2) is 8.64. The van der Waals surface area contributed by atoms with Gasteiger partial charge in [0, 0.05) is 31.4 Å². The SMILES string of the molecule is Cc1ccc(S(=O)(=O)Nc2cc(F)cc(C)c2C(=N)N2CCN(c3ccccn3)CC23CC3)cc1. The fourth-order valence-corrected chi connectivity index (χ4v) is 5.89. The number of piperazine rings is 1. The third-order valence-corrected chi connectivity index (χ3v) is 8.22. The van der Waals surface area contributed by atoms with Crippen LogP contribution in [-0.4, -0.2) is 49.3 Å². The van der Waals surface area contributed by atoms with Gasteiger partial charge in [-0.1, -0.05) is 23.8 Å². The van der Waals surface area contributed by atoms with Gasteiger partial charge < -0.3 is 9.80 Å². The van der Waals surface area contributed by atoms with Gasteiger partial charge in [0.25, 0.3) is 10.0 Å². The van der Waals surface area contributed by atoms with Gasteiger partial charge >= 0.3 is 0 Å². The lowest BCUT2D eigenvalue weighted by Crippen LogP contribution is -2.57. The van der Waals surface area contributed by atoms with E-state index in [1.165, 1.54) is 18.2 Å². The van der Waals surface area contributed by atoms with Crippen molar-refractivity contribution in [1.82, 2.24) is 9.88 Å². The smallest absolute Gasteiger partial charge is 0.261 e. The number of nitrogens with zero attached hydrogens (tertiary/aromatic N) is 3. The maximum absolute atomic E-state index is 14.4. The van der Waals surface area contributed by atoms with Crippen LogP contribution in [0.25, 0.3) is 0 Å². The Morgan fingerprint density at radius 1 is 1.09 bits per heavy atom. The summed E-state index contributed by atoms with van der Waals surface area (Å²) in [6, 6.07) is 14.8. The van der Waals surface area contributed by atoms with Gasteiger partial charge in [-0.3, -0.25) is 10.1 Å². The largest absolute Gasteiger partial charge is 0.352 e. The van der Waals surface area contributed by atoms with E-state index in [4.69, 9.17) is 5.41 Å². The minimum atomic E-state index is -3.96. The number of amidine groups is 1. The number of aryl methyl sites for hydroxylation is 2. The van der Waals surface area contributed by atoms with Crippen molar-refractivity contribution in [3.63, 3.8) is 0 Å². The van der Waals surface area contributed by atoms with Crippen molar-refractivity contribution in [1.29, 1.82) is 5.41 Å². The molecule has 2 N–H and O–H groups in total. The lowest BCUT2D eigenvalue weighted by molar-refractivity contribution is 0.258. The quantitative estimate of drug-likeness (QED) is 0.408. The number of hydrogen-bond donors (Lipinski definition) is 2. The molecule has 2 heterocycles. The molecule has 3 aromatic rings. The highest BCUT2D eigenvalue weighted by Crippen LogP contribution is 2.46. The van der Waals surface area contributed by atoms with Crippen LogP contribution in [0.1, 0.15) is 29.5 Å². The normalized spacial score (nSPS) is 16.9. The first-order chi connectivity index (χ1) is 16.7. The van der Waals surface area contributed by atoms with Crippen LogP contribution < -0.4 is 9.62 Å². The first-order valence-electron chi connectivity index (χ1n) is 11.6. The Morgan fingerprint density at radius 3 is 2.49 bits per heavy atom. The number of benzene rings is 2. The molecule has 1 aliphatic heterocycles. The number of sulfonamides is 1. The minimum Gasteiger partial charge on any atom is -0.352 e. The Bertz CT molecular complexity index is 1370. The van der Waals surface area contributed by atoms with Crippen LogP contribution in [0.3, 0.4) is 0 Å². The van der Waals surface area contributed by atoms with Crippen LogP contribution in [0.2, 0.25) is 0 Å². The zero-order valence-corrected chi connectivity index (χ0v) is 20.6. The van der Waals surface area contributed by atoms with E-state index in [2.05, 4.69) is 19.5 Å². The molecule has 0 bridgehead atoms. The highest BCUT2D eigenvalue weighted by molar-refractivity contribution is 7.92. The van der Waals surface area contributed by atoms with Gasteiger partial charge in [-0.05, 0) is 68.7 Å². The fourth-order valence-electron chi connectivity index (χ4n) is 4.83. The van der Waals surface area contributed by atoms with Gasteiger partial charge in [-0.25, -0.2) is 17.8 Å². The van der Waals surface area contributed by atoms with E-state index < -0.39 is 15.8 Å². The van der Waals surface area contributed by atoms with Crippen LogP contribution in [-0.2, 0) is 10.0 Å². The number of halogens is 1. The maximum Gasteiger partial charge on any atom is 0.261 e. The topological polar surface area (TPSA) is 89.4 Å². The molecule has 7 nitrogen and oxygen atoms in total. The van der Waals surface area contributed by atoms with Gasteiger partial charge in [0.1, 0.15) is 17.5 Å². The summed E-state index contributed by atoms with van der Waals surface area (Å²) in [7, 11) is -3.96. The van der Waals surface area contributed by atoms with Crippen molar-refractivity contribution in [3.8, 4) is 0 Å². The molecule has 1 saturated carbocycles. The standard InChI is InChI=1S/C26H28FN5O2S/c1-18-6-8-21(9-7-18)35(33,34)30-22-16-20(27)15-19(2)24(22)25(28)32-14-13-31(17-26(32)10-11-26)23-5-3-4-12-29-23/h3-9,12,15-16,28,30H,10-11,13-14,17H2,1-2H3. The van der Waals surface area contributed by atoms with Gasteiger partial charge in [0.15, 0.2) is 0 Å². The molecule has 2 aliphatic rings. The van der Waals surface area contributed by atoms with Crippen LogP contribution in [0, 0.1) is 25.1 Å². The van der Waals surface area contributed by atoms with E-state index in [9.17, 15) is 12.8 Å². The summed E-state index contributed by atoms with van der Waals surface area (Å²) in [5.41, 5.74) is 1.73. The summed E-state index contributed by atoms with van der Waals surface area (Å²) in [6.45, 7) is 5.60. The van der Waals surface area contributed by atoms with Crippen LogP contribution in [0.5, 0.6) is 0 Å². The summed E-state index contributed by atoms with van der Waals surface area (Å²) in [6.07, 6.45) is 3.64. The summed E-state index contributed by atoms with van der Waals surface area (Å²) < 4.78 is 43.2. The zero-order chi connectivity index (χ0) is 24.8. The molecule has 0 atom stereocenters. The molecule has 35 heavy (non-hydrogen) atoms. The fraction of sp³-hybridized carbons (Fsp3) is 0.308. The number of nitrogens with one attached hydrogen (secondary N) is 2. The third-order valence-electron chi connectivity index (χ3n) is 6.83. The molecule has 1 aromatic heterocycles. The van der Waals surface area contributed by atoms with Crippen molar-refractivity contribution in [2.24, 2.45) is 0 Å². The second-order valence-corrected chi connectivity index (χ2v) is 11.1. The summed E-state index contributed by atoms with van der Waals surface area (Å²) >= 11 is 0. The molecule has 0 unspecified atom stereocenters. The van der Waals surface area contributed by atoms with Crippen molar-refractivity contribution in [2.45, 2.75) is 37.1 Å². The predicted molar refractivity (Wildman–Crippen MR) is 135 cm³/mol. The predicted octanol–water partition coefficient (Wildman–Crippen LogP) is 4.32. The summed E-state index contributed by atoms with van der Waals surface area (Å²) in [5, 5.41) is 9.12. The molecule has 9 heteroatoms. The number of hydrogen-bond acceptors (Lipinski definition) is 5. The molecule has 0 radical (unpaired) electrons. The molecular weight excluding hydrogens is 465 g/mol. The average Bonchev–Trinajstić information content (AvgIpc) is 3.58. The Kier molecular flexibility index (Phi) is 5.75. The molecule has 5 rings (SSSR count). The average molecular weight is 494 g/mol. The number of anilines is 2. The first-order valence-corrected chi connectivity index (χ1v) is 13.1. The van der Waals surface area contributed by atoms with E-state index in [0.29, 0.717) is 24.2 Å². The van der Waals surface area contributed by atoms with Crippen molar-refractivity contribution < 1.29 is 12.8 Å². The molecule has 1 aliphatic carbocycles. The third kappa shape index (κ3) is 4.48. The van der Waals surface area contributed by atoms with Crippen LogP contribution >= 0.6 is 0 Å². The molecule has 2 aromatic carbocycles. The van der Waals surface area contributed by atoms with E-state index in [0.717, 1.165) is 36.8 Å². The monoisotopic (exact) mass is 493 g/mol. The second-order valence-electron chi connectivity index (χ2n) is 9.40. The number of rotatable bonds is 5. The van der Waals surface area contributed by atoms with Crippen LogP contribution in [0.4, 0.5) is 15.9 Å². The van der Waals surface area contributed by atoms with E-state index >= 15 is 0 Å². The van der Waals surface area contributed by atoms with Gasteiger partial charge in [0.05, 0.1) is 16.1 Å². The van der Waals surface area contributed by atoms with Crippen LogP contribution in [0.15, 0.2) is 65.7 Å². The Morgan fingerprint density at radius 2 is 1.83 bits per heavy atom. The number of aromatic nitrogens is 1. The van der Waals surface area contributed by atoms with E-state index in [1.54, 1.807) is 25.3 Å². The lowest BCUT2D eigenvalue weighted by atomic mass is 10.0. The molecule has 1 saturated heterocycles. The number of pyridine rings is 1. The van der Waals surface area contributed by atoms with E-state index in [1.807, 2.05) is 25.1 Å². The zero-order valence-electron chi connectivity index (χ0n) is 19.8. The molecular formula is C26H28FN5O2S. The van der Waals surface area contributed by atoms with Gasteiger partial charge in [-0.2, -0.15) is 0 Å². The summed E-state index contributed by atoms with van der Waals surface area (Å²) in [5.74, 6) is 0.568. The maximum atomic E-state index is 14.4. The van der Waals surface area contributed by atoms with Crippen molar-refractivity contribution >= 4 is 27.4 Å². The highest BCUT2D eigenvalue weighted by Gasteiger charge is 2.53. The van der Waals surface area contributed by atoms with Gasteiger partial charge in [-0.15, -0.1) is 0 Å². The van der Waals surface area contributed by atoms with E-state index in [-0.39, 0.29) is 22.0 Å². The molecule has 182 valence electrons. The minimum absolute atomic E-state index is 0.0797. The van der Waals surface area contributed by atoms with Crippen molar-refractivity contribution in [3.05, 3.63) is 83.3 Å². The Hall–Kier alpha value is -3.46. The summed E-state index contributed by atoms with van der Waals surface area (Å²) in [4.78, 5) is 8.84. The molecule has 1 spiro atoms. The lowest BCUT2D eigenvalue weighted by Gasteiger charge is -2.44. The Balaban J connectivity index is 1.45. The first kappa shape index (κ1) is 23.3. The van der Waals surface area contributed by atoms with Gasteiger partial charge in [0.2, 0.25) is 0 Å². The Labute approximate surface area is 205 Å².